The van der Waals surface area contributed by atoms with Crippen LogP contribution in [0.15, 0.2) is 34.1 Å². The van der Waals surface area contributed by atoms with Gasteiger partial charge in [0.05, 0.1) is 19.8 Å². The van der Waals surface area contributed by atoms with Gasteiger partial charge in [-0.15, -0.1) is 0 Å². The Morgan fingerprint density at radius 3 is 1.33 bits per heavy atom. The summed E-state index contributed by atoms with van der Waals surface area (Å²) < 4.78 is 0. The van der Waals surface area contributed by atoms with E-state index in [4.69, 9.17) is 46.4 Å². The number of halogens is 4. The van der Waals surface area contributed by atoms with E-state index in [1.54, 1.807) is 0 Å². The standard InChI is InChI=1S/C12H6Cl4O2S.2Na/c13-5-1-7(15)11(17)9(3-5)19-10-4-6(14)2-8(16)12(10)18;;/h1-4,17-18H;;/q;2*+1. The molecule has 0 spiro atoms. The van der Waals surface area contributed by atoms with Crippen molar-refractivity contribution in [3.63, 3.8) is 0 Å². The zero-order chi connectivity index (χ0) is 14.2. The maximum atomic E-state index is 9.85. The molecule has 0 bridgehead atoms. The van der Waals surface area contributed by atoms with Crippen molar-refractivity contribution in [1.82, 2.24) is 0 Å². The molecule has 0 aliphatic rings. The fraction of sp³-hybridized carbons (Fsp3) is 0. The monoisotopic (exact) mass is 400 g/mol. The Morgan fingerprint density at radius 2 is 1.00 bits per heavy atom. The molecule has 0 unspecified atom stereocenters. The fourth-order valence-corrected chi connectivity index (χ4v) is 3.61. The first-order chi connectivity index (χ1) is 8.88. The SMILES string of the molecule is Oc1c(Cl)cc(Cl)cc1Sc1cc(Cl)cc(Cl)c1O.[Na+].[Na+]. The predicted octanol–water partition coefficient (Wildman–Crippen LogP) is -0.129. The van der Waals surface area contributed by atoms with Crippen molar-refractivity contribution in [3.05, 3.63) is 44.4 Å². The van der Waals surface area contributed by atoms with E-state index < -0.39 is 0 Å². The van der Waals surface area contributed by atoms with Crippen LogP contribution in [0.1, 0.15) is 0 Å². The van der Waals surface area contributed by atoms with E-state index in [0.717, 1.165) is 11.8 Å². The third-order valence-corrected chi connectivity index (χ3v) is 4.28. The average Bonchev–Trinajstić information content (AvgIpc) is 2.31. The Balaban J connectivity index is 0.00000200. The number of phenols is 2. The largest absolute Gasteiger partial charge is 1.00 e. The number of hydrogen-bond acceptors (Lipinski definition) is 3. The van der Waals surface area contributed by atoms with Crippen molar-refractivity contribution in [2.24, 2.45) is 0 Å². The average molecular weight is 402 g/mol. The molecule has 0 saturated heterocycles. The Labute approximate surface area is 190 Å². The summed E-state index contributed by atoms with van der Waals surface area (Å²) >= 11 is 24.4. The van der Waals surface area contributed by atoms with Crippen molar-refractivity contribution >= 4 is 58.2 Å². The maximum absolute atomic E-state index is 9.85. The van der Waals surface area contributed by atoms with Crippen molar-refractivity contribution in [3.8, 4) is 11.5 Å². The van der Waals surface area contributed by atoms with Gasteiger partial charge in [0.15, 0.2) is 0 Å². The normalized spacial score (nSPS) is 9.71. The summed E-state index contributed by atoms with van der Waals surface area (Å²) in [6.07, 6.45) is 0. The molecule has 2 nitrogen and oxygen atoms in total. The quantitative estimate of drug-likeness (QED) is 0.689. The number of rotatable bonds is 2. The van der Waals surface area contributed by atoms with Crippen LogP contribution in [0.3, 0.4) is 0 Å². The summed E-state index contributed by atoms with van der Waals surface area (Å²) in [5, 5.41) is 20.7. The van der Waals surface area contributed by atoms with E-state index in [0.29, 0.717) is 19.8 Å². The molecule has 0 radical (unpaired) electrons. The fourth-order valence-electron chi connectivity index (χ4n) is 1.36. The molecule has 2 rings (SSSR count). The van der Waals surface area contributed by atoms with Crippen LogP contribution in [0, 0.1) is 0 Å². The summed E-state index contributed by atoms with van der Waals surface area (Å²) in [4.78, 5) is 0.789. The van der Waals surface area contributed by atoms with Gasteiger partial charge in [-0.3, -0.25) is 0 Å². The second-order valence-corrected chi connectivity index (χ2v) is 6.34. The molecule has 0 fully saturated rings. The third-order valence-electron chi connectivity index (χ3n) is 2.21. The topological polar surface area (TPSA) is 40.5 Å². The van der Waals surface area contributed by atoms with E-state index in [9.17, 15) is 10.2 Å². The van der Waals surface area contributed by atoms with Crippen LogP contribution in [-0.2, 0) is 0 Å². The minimum absolute atomic E-state index is 0. The summed E-state index contributed by atoms with van der Waals surface area (Å²) in [7, 11) is 0. The number of phenolic OH excluding ortho intramolecular Hbond substituents is 2. The van der Waals surface area contributed by atoms with Crippen LogP contribution in [0.5, 0.6) is 11.5 Å². The van der Waals surface area contributed by atoms with Crippen LogP contribution < -0.4 is 59.1 Å². The van der Waals surface area contributed by atoms with Crippen LogP contribution in [0.4, 0.5) is 0 Å². The van der Waals surface area contributed by atoms with E-state index in [1.165, 1.54) is 24.3 Å². The molecule has 0 saturated carbocycles. The second kappa shape index (κ2) is 9.75. The molecule has 0 aliphatic carbocycles. The number of aromatic hydroxyl groups is 2. The van der Waals surface area contributed by atoms with E-state index >= 15 is 0 Å². The predicted molar refractivity (Wildman–Crippen MR) is 80.4 cm³/mol. The molecule has 0 aliphatic heterocycles. The van der Waals surface area contributed by atoms with E-state index in [1.807, 2.05) is 0 Å². The smallest absolute Gasteiger partial charge is 0.505 e. The molecule has 2 aromatic rings. The molecular weight excluding hydrogens is 396 g/mol. The first-order valence-electron chi connectivity index (χ1n) is 4.92. The van der Waals surface area contributed by atoms with Gasteiger partial charge in [0.2, 0.25) is 0 Å². The molecule has 2 N–H and O–H groups in total. The Morgan fingerprint density at radius 1 is 0.667 bits per heavy atom. The Bertz CT molecular complexity index is 600. The van der Waals surface area contributed by atoms with Crippen molar-refractivity contribution in [2.75, 3.05) is 0 Å². The van der Waals surface area contributed by atoms with Crippen molar-refractivity contribution in [2.45, 2.75) is 9.79 Å². The van der Waals surface area contributed by atoms with Gasteiger partial charge >= 0.3 is 59.1 Å². The van der Waals surface area contributed by atoms with Gasteiger partial charge in [-0.05, 0) is 24.3 Å². The first-order valence-corrected chi connectivity index (χ1v) is 7.25. The Kier molecular flexibility index (Phi) is 10.5. The zero-order valence-electron chi connectivity index (χ0n) is 11.1. The molecule has 2 aromatic carbocycles. The van der Waals surface area contributed by atoms with Gasteiger partial charge in [-0.25, -0.2) is 0 Å². The molecular formula is C12H6Cl4Na2O2S+2. The summed E-state index contributed by atoms with van der Waals surface area (Å²) in [5.74, 6) is -0.238. The van der Waals surface area contributed by atoms with Gasteiger partial charge in [0, 0.05) is 10.0 Å². The van der Waals surface area contributed by atoms with Crippen LogP contribution in [0.2, 0.25) is 20.1 Å². The van der Waals surface area contributed by atoms with Gasteiger partial charge in [0.1, 0.15) is 11.5 Å². The van der Waals surface area contributed by atoms with E-state index in [-0.39, 0.29) is 80.7 Å². The van der Waals surface area contributed by atoms with Crippen LogP contribution in [0.25, 0.3) is 0 Å². The molecule has 0 aromatic heterocycles. The minimum atomic E-state index is -0.119. The molecule has 9 heteroatoms. The molecule has 0 atom stereocenters. The van der Waals surface area contributed by atoms with Gasteiger partial charge < -0.3 is 10.2 Å². The van der Waals surface area contributed by atoms with Crippen molar-refractivity contribution < 1.29 is 69.3 Å². The summed E-state index contributed by atoms with van der Waals surface area (Å²) in [6, 6.07) is 5.91. The first kappa shape index (κ1) is 22.6. The van der Waals surface area contributed by atoms with Gasteiger partial charge in [-0.1, -0.05) is 58.2 Å². The maximum Gasteiger partial charge on any atom is 1.00 e. The summed E-state index contributed by atoms with van der Waals surface area (Å²) in [6.45, 7) is 0. The second-order valence-electron chi connectivity index (χ2n) is 3.57. The zero-order valence-corrected chi connectivity index (χ0v) is 19.0. The molecule has 100 valence electrons. The number of hydrogen-bond donors (Lipinski definition) is 2. The Hall–Kier alpha value is 1.55. The molecule has 0 heterocycles. The molecule has 21 heavy (non-hydrogen) atoms. The van der Waals surface area contributed by atoms with E-state index in [2.05, 4.69) is 0 Å². The number of benzene rings is 2. The van der Waals surface area contributed by atoms with Gasteiger partial charge in [-0.2, -0.15) is 0 Å². The minimum Gasteiger partial charge on any atom is -0.505 e. The molecule has 0 amide bonds. The summed E-state index contributed by atoms with van der Waals surface area (Å²) in [5.41, 5.74) is 0. The van der Waals surface area contributed by atoms with Crippen LogP contribution in [-0.4, -0.2) is 10.2 Å². The van der Waals surface area contributed by atoms with Gasteiger partial charge in [0.25, 0.3) is 0 Å². The third kappa shape index (κ3) is 5.84. The van der Waals surface area contributed by atoms with Crippen molar-refractivity contribution in [1.29, 1.82) is 0 Å². The van der Waals surface area contributed by atoms with Crippen LogP contribution >= 0.6 is 58.2 Å².